The molecule has 2 rings (SSSR count). The molecule has 0 unspecified atom stereocenters. The first-order valence-corrected chi connectivity index (χ1v) is 8.16. The zero-order valence-corrected chi connectivity index (χ0v) is 13.7. The number of carboxylic acid groups (broad SMARTS) is 1. The Morgan fingerprint density at radius 1 is 0.810 bits per heavy atom. The summed E-state index contributed by atoms with van der Waals surface area (Å²) >= 11 is 0. The van der Waals surface area contributed by atoms with Crippen LogP contribution in [-0.4, -0.2) is 24.2 Å². The third-order valence-electron chi connectivity index (χ3n) is 5.11. The summed E-state index contributed by atoms with van der Waals surface area (Å²) in [7, 11) is 1.47. The van der Waals surface area contributed by atoms with E-state index in [1.165, 1.54) is 32.8 Å². The SMILES string of the molecule is CC1(C(=O)O)CCCCC1.COC(=O)C1(C)CCCCC1. The number of carboxylic acids is 1. The maximum Gasteiger partial charge on any atom is 0.311 e. The number of esters is 1. The maximum atomic E-state index is 11.3. The number of carbonyl (C=O) groups excluding carboxylic acids is 1. The van der Waals surface area contributed by atoms with Crippen molar-refractivity contribution in [3.8, 4) is 0 Å². The molecule has 0 saturated heterocycles. The van der Waals surface area contributed by atoms with Gasteiger partial charge in [0.2, 0.25) is 0 Å². The second kappa shape index (κ2) is 7.81. The van der Waals surface area contributed by atoms with Crippen molar-refractivity contribution in [1.29, 1.82) is 0 Å². The molecule has 0 aromatic heterocycles. The fourth-order valence-corrected chi connectivity index (χ4v) is 3.33. The molecule has 0 atom stereocenters. The largest absolute Gasteiger partial charge is 0.481 e. The van der Waals surface area contributed by atoms with Gasteiger partial charge in [-0.3, -0.25) is 9.59 Å². The third kappa shape index (κ3) is 5.01. The number of ether oxygens (including phenoxy) is 1. The van der Waals surface area contributed by atoms with Crippen LogP contribution in [0.25, 0.3) is 0 Å². The molecule has 21 heavy (non-hydrogen) atoms. The number of hydrogen-bond acceptors (Lipinski definition) is 3. The molecule has 0 amide bonds. The quantitative estimate of drug-likeness (QED) is 0.777. The molecule has 2 fully saturated rings. The molecule has 2 aliphatic rings. The molecule has 0 bridgehead atoms. The van der Waals surface area contributed by atoms with Crippen LogP contribution in [0.4, 0.5) is 0 Å². The van der Waals surface area contributed by atoms with Crippen LogP contribution >= 0.6 is 0 Å². The van der Waals surface area contributed by atoms with E-state index >= 15 is 0 Å². The molecule has 2 aliphatic carbocycles. The molecular formula is C17H30O4. The molecule has 0 radical (unpaired) electrons. The molecule has 0 aromatic rings. The highest BCUT2D eigenvalue weighted by molar-refractivity contribution is 5.76. The number of methoxy groups -OCH3 is 1. The monoisotopic (exact) mass is 298 g/mol. The average molecular weight is 298 g/mol. The summed E-state index contributed by atoms with van der Waals surface area (Å²) in [6.45, 7) is 3.87. The highest BCUT2D eigenvalue weighted by Crippen LogP contribution is 2.36. The Labute approximate surface area is 128 Å². The lowest BCUT2D eigenvalue weighted by Crippen LogP contribution is -2.31. The molecule has 122 valence electrons. The zero-order valence-electron chi connectivity index (χ0n) is 13.7. The van der Waals surface area contributed by atoms with E-state index < -0.39 is 11.4 Å². The number of rotatable bonds is 2. The summed E-state index contributed by atoms with van der Waals surface area (Å²) in [4.78, 5) is 21.9. The second-order valence-corrected chi connectivity index (χ2v) is 7.04. The minimum absolute atomic E-state index is 0.0304. The Bertz CT molecular complexity index is 350. The van der Waals surface area contributed by atoms with E-state index in [4.69, 9.17) is 9.84 Å². The fourth-order valence-electron chi connectivity index (χ4n) is 3.33. The predicted octanol–water partition coefficient (Wildman–Crippen LogP) is 4.17. The van der Waals surface area contributed by atoms with Gasteiger partial charge in [0.05, 0.1) is 17.9 Å². The van der Waals surface area contributed by atoms with E-state index in [1.54, 1.807) is 0 Å². The van der Waals surface area contributed by atoms with Crippen molar-refractivity contribution in [1.82, 2.24) is 0 Å². The standard InChI is InChI=1S/C9H16O2.C8H14O2/c1-9(8(10)11-2)6-4-3-5-7-9;1-8(7(9)10)5-3-2-4-6-8/h3-7H2,1-2H3;2-6H2,1H3,(H,9,10). The Kier molecular flexibility index (Phi) is 6.69. The van der Waals surface area contributed by atoms with Gasteiger partial charge in [-0.05, 0) is 39.5 Å². The predicted molar refractivity (Wildman–Crippen MR) is 82.0 cm³/mol. The Morgan fingerprint density at radius 2 is 1.19 bits per heavy atom. The normalized spacial score (nSPS) is 23.4. The van der Waals surface area contributed by atoms with Gasteiger partial charge >= 0.3 is 11.9 Å². The molecule has 4 nitrogen and oxygen atoms in total. The summed E-state index contributed by atoms with van der Waals surface area (Å²) in [5.41, 5.74) is -0.578. The van der Waals surface area contributed by atoms with Crippen LogP contribution in [-0.2, 0) is 14.3 Å². The first-order valence-electron chi connectivity index (χ1n) is 8.16. The smallest absolute Gasteiger partial charge is 0.311 e. The fraction of sp³-hybridized carbons (Fsp3) is 0.882. The minimum Gasteiger partial charge on any atom is -0.481 e. The lowest BCUT2D eigenvalue weighted by molar-refractivity contribution is -0.153. The summed E-state index contributed by atoms with van der Waals surface area (Å²) in [6, 6.07) is 0. The van der Waals surface area contributed by atoms with Gasteiger partial charge in [-0.1, -0.05) is 38.5 Å². The van der Waals surface area contributed by atoms with Crippen molar-refractivity contribution in [2.24, 2.45) is 10.8 Å². The van der Waals surface area contributed by atoms with Gasteiger partial charge < -0.3 is 9.84 Å². The van der Waals surface area contributed by atoms with Crippen molar-refractivity contribution in [3.63, 3.8) is 0 Å². The topological polar surface area (TPSA) is 63.6 Å². The number of aliphatic carboxylic acids is 1. The summed E-state index contributed by atoms with van der Waals surface area (Å²) < 4.78 is 4.75. The second-order valence-electron chi connectivity index (χ2n) is 7.04. The summed E-state index contributed by atoms with van der Waals surface area (Å²) in [6.07, 6.45) is 10.7. The van der Waals surface area contributed by atoms with Gasteiger partial charge in [0, 0.05) is 0 Å². The van der Waals surface area contributed by atoms with Gasteiger partial charge in [-0.15, -0.1) is 0 Å². The Hall–Kier alpha value is -1.06. The van der Waals surface area contributed by atoms with E-state index in [0.29, 0.717) is 0 Å². The first kappa shape index (κ1) is 18.0. The molecule has 0 spiro atoms. The molecular weight excluding hydrogens is 268 g/mol. The van der Waals surface area contributed by atoms with E-state index in [9.17, 15) is 9.59 Å². The lowest BCUT2D eigenvalue weighted by atomic mass is 9.76. The van der Waals surface area contributed by atoms with E-state index in [-0.39, 0.29) is 11.4 Å². The van der Waals surface area contributed by atoms with Gasteiger partial charge in [0.15, 0.2) is 0 Å². The van der Waals surface area contributed by atoms with Crippen molar-refractivity contribution in [2.75, 3.05) is 7.11 Å². The highest BCUT2D eigenvalue weighted by atomic mass is 16.5. The maximum absolute atomic E-state index is 11.3. The van der Waals surface area contributed by atoms with Gasteiger partial charge in [0.1, 0.15) is 0 Å². The van der Waals surface area contributed by atoms with Crippen LogP contribution in [0.2, 0.25) is 0 Å². The van der Waals surface area contributed by atoms with Crippen molar-refractivity contribution in [3.05, 3.63) is 0 Å². The Morgan fingerprint density at radius 3 is 1.48 bits per heavy atom. The van der Waals surface area contributed by atoms with Crippen LogP contribution in [0.5, 0.6) is 0 Å². The number of carbonyl (C=O) groups is 2. The third-order valence-corrected chi connectivity index (χ3v) is 5.11. The van der Waals surface area contributed by atoms with Crippen molar-refractivity contribution < 1.29 is 19.4 Å². The molecule has 0 aromatic carbocycles. The van der Waals surface area contributed by atoms with Crippen molar-refractivity contribution >= 4 is 11.9 Å². The van der Waals surface area contributed by atoms with Crippen molar-refractivity contribution in [2.45, 2.75) is 78.1 Å². The highest BCUT2D eigenvalue weighted by Gasteiger charge is 2.35. The molecule has 0 heterocycles. The van der Waals surface area contributed by atoms with Gasteiger partial charge in [0.25, 0.3) is 0 Å². The summed E-state index contributed by atoms with van der Waals surface area (Å²) in [5, 5.41) is 8.80. The number of hydrogen-bond donors (Lipinski definition) is 1. The zero-order chi connectivity index (χ0) is 15.9. The van der Waals surface area contributed by atoms with E-state index in [0.717, 1.165) is 38.5 Å². The molecule has 2 saturated carbocycles. The molecule has 1 N–H and O–H groups in total. The first-order chi connectivity index (χ1) is 9.84. The minimum atomic E-state index is -0.618. The molecule has 0 aliphatic heterocycles. The van der Waals surface area contributed by atoms with E-state index in [1.807, 2.05) is 13.8 Å². The average Bonchev–Trinajstić information content (AvgIpc) is 2.48. The lowest BCUT2D eigenvalue weighted by Gasteiger charge is -2.30. The van der Waals surface area contributed by atoms with Gasteiger partial charge in [-0.2, -0.15) is 0 Å². The van der Waals surface area contributed by atoms with E-state index in [2.05, 4.69) is 0 Å². The Balaban J connectivity index is 0.000000211. The molecule has 4 heteroatoms. The van der Waals surface area contributed by atoms with Crippen LogP contribution in [0.15, 0.2) is 0 Å². The summed E-state index contributed by atoms with van der Waals surface area (Å²) in [5.74, 6) is -0.649. The van der Waals surface area contributed by atoms with Crippen LogP contribution in [0.1, 0.15) is 78.1 Å². The van der Waals surface area contributed by atoms with Crippen LogP contribution < -0.4 is 0 Å². The van der Waals surface area contributed by atoms with Gasteiger partial charge in [-0.25, -0.2) is 0 Å². The van der Waals surface area contributed by atoms with Crippen LogP contribution in [0, 0.1) is 10.8 Å². The van der Waals surface area contributed by atoms with Crippen LogP contribution in [0.3, 0.4) is 0 Å².